The van der Waals surface area contributed by atoms with Crippen LogP contribution in [0.15, 0.2) is 24.3 Å². The van der Waals surface area contributed by atoms with Gasteiger partial charge in [-0.2, -0.15) is 0 Å². The molecule has 0 aliphatic carbocycles. The minimum absolute atomic E-state index is 0.0742. The summed E-state index contributed by atoms with van der Waals surface area (Å²) in [5, 5.41) is 10.5. The summed E-state index contributed by atoms with van der Waals surface area (Å²) in [6.07, 6.45) is 0. The van der Waals surface area contributed by atoms with E-state index in [1.807, 2.05) is 46.0 Å². The van der Waals surface area contributed by atoms with E-state index in [1.165, 1.54) is 0 Å². The van der Waals surface area contributed by atoms with E-state index < -0.39 is 11.3 Å². The molecule has 0 bridgehead atoms. The van der Waals surface area contributed by atoms with Gasteiger partial charge in [-0.3, -0.25) is 0 Å². The van der Waals surface area contributed by atoms with Crippen LogP contribution in [0.25, 0.3) is 0 Å². The summed E-state index contributed by atoms with van der Waals surface area (Å²) in [6, 6.07) is 8.10. The van der Waals surface area contributed by atoms with Crippen molar-refractivity contribution in [3.8, 4) is 0 Å². The summed E-state index contributed by atoms with van der Waals surface area (Å²) < 4.78 is 0. The van der Waals surface area contributed by atoms with E-state index in [9.17, 15) is 5.11 Å². The van der Waals surface area contributed by atoms with Crippen molar-refractivity contribution >= 4 is 5.69 Å². The van der Waals surface area contributed by atoms with Crippen molar-refractivity contribution in [2.24, 2.45) is 5.73 Å². The average molecular weight is 220 g/mol. The number of rotatable bonds is 0. The largest absolute Gasteiger partial charge is 0.373 e. The number of hydrogen-bond acceptors (Lipinski definition) is 3. The average Bonchev–Trinajstić information content (AvgIpc) is 2.25. The third-order valence-corrected chi connectivity index (χ3v) is 4.24. The van der Waals surface area contributed by atoms with Crippen LogP contribution in [0.5, 0.6) is 0 Å². The summed E-state index contributed by atoms with van der Waals surface area (Å²) >= 11 is 0. The summed E-state index contributed by atoms with van der Waals surface area (Å²) in [5.41, 5.74) is 6.66. The van der Waals surface area contributed by atoms with Gasteiger partial charge in [0.2, 0.25) is 0 Å². The summed E-state index contributed by atoms with van der Waals surface area (Å²) in [5.74, 6) is -0.0742. The molecule has 0 spiro atoms. The quantitative estimate of drug-likeness (QED) is 0.654. The molecule has 3 heteroatoms. The van der Waals surface area contributed by atoms with Crippen LogP contribution in [-0.4, -0.2) is 23.4 Å². The fourth-order valence-electron chi connectivity index (χ4n) is 2.50. The third-order valence-electron chi connectivity index (χ3n) is 4.24. The Labute approximate surface area is 96.9 Å². The lowest BCUT2D eigenvalue weighted by atomic mass is 9.73. The van der Waals surface area contributed by atoms with Crippen LogP contribution in [0.3, 0.4) is 0 Å². The smallest absolute Gasteiger partial charge is 0.143 e. The van der Waals surface area contributed by atoms with Gasteiger partial charge in [0.05, 0.1) is 5.54 Å². The maximum atomic E-state index is 10.5. The van der Waals surface area contributed by atoms with E-state index in [0.29, 0.717) is 0 Å². The van der Waals surface area contributed by atoms with Crippen molar-refractivity contribution in [2.45, 2.75) is 38.0 Å². The van der Waals surface area contributed by atoms with Crippen LogP contribution in [-0.2, 0) is 0 Å². The molecule has 1 aliphatic rings. The zero-order valence-electron chi connectivity index (χ0n) is 10.4. The Kier molecular flexibility index (Phi) is 2.30. The van der Waals surface area contributed by atoms with Gasteiger partial charge < -0.3 is 15.7 Å². The van der Waals surface area contributed by atoms with Crippen molar-refractivity contribution in [2.75, 3.05) is 11.9 Å². The number of hydrogen-bond donors (Lipinski definition) is 2. The number of para-hydroxylation sites is 1. The maximum Gasteiger partial charge on any atom is 0.143 e. The van der Waals surface area contributed by atoms with Crippen LogP contribution in [0, 0.1) is 0 Å². The van der Waals surface area contributed by atoms with Crippen LogP contribution in [0.2, 0.25) is 0 Å². The molecular weight excluding hydrogens is 200 g/mol. The van der Waals surface area contributed by atoms with Crippen molar-refractivity contribution in [1.29, 1.82) is 0 Å². The number of anilines is 1. The molecule has 2 rings (SSSR count). The second-order valence-electron chi connectivity index (χ2n) is 5.22. The second-order valence-corrected chi connectivity index (χ2v) is 5.22. The molecule has 3 nitrogen and oxygen atoms in total. The van der Waals surface area contributed by atoms with Gasteiger partial charge in [-0.1, -0.05) is 25.1 Å². The fraction of sp³-hybridized carbons (Fsp3) is 0.538. The molecule has 2 unspecified atom stereocenters. The molecular formula is C13H20N2O. The number of fused-ring (bicyclic) bond motifs is 1. The molecule has 1 aromatic rings. The molecule has 88 valence electrons. The molecule has 0 saturated carbocycles. The van der Waals surface area contributed by atoms with Crippen LogP contribution in [0.4, 0.5) is 5.69 Å². The normalized spacial score (nSPS) is 32.4. The van der Waals surface area contributed by atoms with Crippen molar-refractivity contribution < 1.29 is 5.11 Å². The monoisotopic (exact) mass is 220 g/mol. The highest BCUT2D eigenvalue weighted by Crippen LogP contribution is 2.45. The molecule has 0 amide bonds. The van der Waals surface area contributed by atoms with Gasteiger partial charge in [-0.05, 0) is 25.5 Å². The van der Waals surface area contributed by atoms with E-state index in [1.54, 1.807) is 0 Å². The number of nitrogens with zero attached hydrogens (tertiary/aromatic N) is 1. The van der Waals surface area contributed by atoms with E-state index in [2.05, 4.69) is 11.0 Å². The predicted molar refractivity (Wildman–Crippen MR) is 66.5 cm³/mol. The molecule has 16 heavy (non-hydrogen) atoms. The third kappa shape index (κ3) is 1.22. The SMILES string of the molecule is CC1c2ccccc2N(C)C(C)(C)C1(N)O. The van der Waals surface area contributed by atoms with E-state index >= 15 is 0 Å². The van der Waals surface area contributed by atoms with Crippen LogP contribution in [0.1, 0.15) is 32.3 Å². The lowest BCUT2D eigenvalue weighted by Gasteiger charge is -2.54. The lowest BCUT2D eigenvalue weighted by Crippen LogP contribution is -2.69. The standard InChI is InChI=1S/C13H20N2O/c1-9-10-7-5-6-8-11(10)15(4)12(2,3)13(9,14)16/h5-9,16H,14H2,1-4H3. The molecule has 0 fully saturated rings. The Hall–Kier alpha value is -1.06. The molecule has 1 aromatic carbocycles. The molecule has 0 saturated heterocycles. The number of aliphatic hydroxyl groups is 1. The van der Waals surface area contributed by atoms with E-state index in [-0.39, 0.29) is 5.92 Å². The van der Waals surface area contributed by atoms with Crippen molar-refractivity contribution in [3.05, 3.63) is 29.8 Å². The van der Waals surface area contributed by atoms with Gasteiger partial charge in [0.15, 0.2) is 0 Å². The zero-order valence-corrected chi connectivity index (χ0v) is 10.4. The Bertz CT molecular complexity index is 373. The van der Waals surface area contributed by atoms with E-state index in [4.69, 9.17) is 5.73 Å². The van der Waals surface area contributed by atoms with Crippen molar-refractivity contribution in [1.82, 2.24) is 0 Å². The Balaban J connectivity index is 2.65. The molecule has 0 aromatic heterocycles. The first kappa shape index (κ1) is 11.4. The van der Waals surface area contributed by atoms with Gasteiger partial charge in [-0.15, -0.1) is 0 Å². The first-order valence-corrected chi connectivity index (χ1v) is 5.64. The van der Waals surface area contributed by atoms with Gasteiger partial charge in [0.25, 0.3) is 0 Å². The minimum atomic E-state index is -1.23. The number of nitrogens with two attached hydrogens (primary N) is 1. The molecule has 1 aliphatic heterocycles. The Morgan fingerprint density at radius 2 is 1.88 bits per heavy atom. The molecule has 0 radical (unpaired) electrons. The minimum Gasteiger partial charge on any atom is -0.373 e. The zero-order chi connectivity index (χ0) is 12.1. The second kappa shape index (κ2) is 3.22. The van der Waals surface area contributed by atoms with Gasteiger partial charge in [0.1, 0.15) is 5.72 Å². The molecule has 3 N–H and O–H groups in total. The first-order chi connectivity index (χ1) is 7.30. The Morgan fingerprint density at radius 1 is 1.31 bits per heavy atom. The van der Waals surface area contributed by atoms with E-state index in [0.717, 1.165) is 11.3 Å². The van der Waals surface area contributed by atoms with Crippen LogP contribution < -0.4 is 10.6 Å². The predicted octanol–water partition coefficient (Wildman–Crippen LogP) is 1.67. The summed E-state index contributed by atoms with van der Waals surface area (Å²) in [7, 11) is 1.97. The van der Waals surface area contributed by atoms with Crippen molar-refractivity contribution in [3.63, 3.8) is 0 Å². The van der Waals surface area contributed by atoms with Gasteiger partial charge in [-0.25, -0.2) is 0 Å². The highest BCUT2D eigenvalue weighted by atomic mass is 16.3. The Morgan fingerprint density at radius 3 is 2.50 bits per heavy atom. The molecule has 1 heterocycles. The molecule has 2 atom stereocenters. The van der Waals surface area contributed by atoms with Gasteiger partial charge >= 0.3 is 0 Å². The fourth-order valence-corrected chi connectivity index (χ4v) is 2.50. The maximum absolute atomic E-state index is 10.5. The first-order valence-electron chi connectivity index (χ1n) is 5.64. The highest BCUT2D eigenvalue weighted by molar-refractivity contribution is 5.60. The van der Waals surface area contributed by atoms with Gasteiger partial charge in [0, 0.05) is 18.7 Å². The van der Waals surface area contributed by atoms with Crippen LogP contribution >= 0.6 is 0 Å². The summed E-state index contributed by atoms with van der Waals surface area (Å²) in [4.78, 5) is 2.06. The highest BCUT2D eigenvalue weighted by Gasteiger charge is 2.51. The number of likely N-dealkylation sites (N-methyl/N-ethyl adjacent to an activating group) is 1. The lowest BCUT2D eigenvalue weighted by molar-refractivity contribution is -0.0432. The number of benzene rings is 1. The topological polar surface area (TPSA) is 49.5 Å². The summed E-state index contributed by atoms with van der Waals surface area (Å²) in [6.45, 7) is 5.92.